The molecule has 1 fully saturated rings. The summed E-state index contributed by atoms with van der Waals surface area (Å²) in [6.45, 7) is 1.69. The molecule has 2 aromatic carbocycles. The minimum Gasteiger partial charge on any atom is -0.508 e. The van der Waals surface area contributed by atoms with Gasteiger partial charge in [-0.25, -0.2) is 8.78 Å². The first-order chi connectivity index (χ1) is 12.4. The molecule has 3 N–H and O–H groups in total. The molecule has 0 heterocycles. The number of halogens is 3. The van der Waals surface area contributed by atoms with Crippen LogP contribution in [0.25, 0.3) is 5.57 Å². The first-order valence-corrected chi connectivity index (χ1v) is 8.95. The lowest BCUT2D eigenvalue weighted by Crippen LogP contribution is -2.04. The van der Waals surface area contributed by atoms with Gasteiger partial charge in [-0.15, -0.1) is 0 Å². The summed E-state index contributed by atoms with van der Waals surface area (Å²) >= 11 is 5.97. The van der Waals surface area contributed by atoms with Crippen molar-refractivity contribution in [2.45, 2.75) is 32.6 Å². The van der Waals surface area contributed by atoms with Crippen LogP contribution in [0.4, 0.5) is 14.5 Å². The molecule has 0 amide bonds. The van der Waals surface area contributed by atoms with Gasteiger partial charge in [-0.1, -0.05) is 24.6 Å². The van der Waals surface area contributed by atoms with E-state index in [9.17, 15) is 13.9 Å². The number of aliphatic hydroxyl groups is 1. The van der Waals surface area contributed by atoms with Crippen LogP contribution < -0.4 is 5.73 Å². The molecule has 0 aliphatic heterocycles. The first kappa shape index (κ1) is 18.5. The monoisotopic (exact) mass is 375 g/mol. The maximum absolute atomic E-state index is 15.0. The van der Waals surface area contributed by atoms with E-state index < -0.39 is 11.6 Å². The molecule has 1 aliphatic rings. The van der Waals surface area contributed by atoms with E-state index in [4.69, 9.17) is 17.3 Å². The Hall–Kier alpha value is -2.33. The molecule has 0 bridgehead atoms. The fraction of sp³-hybridized carbons (Fsp3) is 0.238. The molecular weight excluding hydrogens is 356 g/mol. The fourth-order valence-electron chi connectivity index (χ4n) is 3.06. The van der Waals surface area contributed by atoms with Crippen molar-refractivity contribution in [2.75, 3.05) is 5.73 Å². The summed E-state index contributed by atoms with van der Waals surface area (Å²) in [6, 6.07) is 7.51. The van der Waals surface area contributed by atoms with Crippen LogP contribution in [-0.4, -0.2) is 5.11 Å². The van der Waals surface area contributed by atoms with Crippen LogP contribution >= 0.6 is 11.6 Å². The number of benzene rings is 2. The molecule has 0 spiro atoms. The van der Waals surface area contributed by atoms with E-state index in [1.165, 1.54) is 18.2 Å². The number of nitrogen functional groups attached to an aromatic ring is 1. The molecular formula is C21H20ClF2NO. The molecule has 2 aromatic rings. The second-order valence-electron chi connectivity index (χ2n) is 6.37. The number of hydrogen-bond acceptors (Lipinski definition) is 2. The zero-order chi connectivity index (χ0) is 18.8. The average molecular weight is 376 g/mol. The SMILES string of the molecule is CCc1c(F)ccc(/C(=C\C(O)=C2CCC2)c2ccc(Cl)cc2N)c1F. The van der Waals surface area contributed by atoms with Gasteiger partial charge in [0.15, 0.2) is 0 Å². The largest absolute Gasteiger partial charge is 0.508 e. The average Bonchev–Trinajstić information content (AvgIpc) is 2.52. The lowest BCUT2D eigenvalue weighted by atomic mass is 9.88. The highest BCUT2D eigenvalue weighted by Gasteiger charge is 2.20. The molecule has 0 radical (unpaired) electrons. The molecule has 0 saturated heterocycles. The van der Waals surface area contributed by atoms with E-state index in [1.807, 2.05) is 0 Å². The second-order valence-corrected chi connectivity index (χ2v) is 6.81. The predicted octanol–water partition coefficient (Wildman–Crippen LogP) is 6.19. The zero-order valence-corrected chi connectivity index (χ0v) is 15.2. The summed E-state index contributed by atoms with van der Waals surface area (Å²) in [7, 11) is 0. The fourth-order valence-corrected chi connectivity index (χ4v) is 3.24. The van der Waals surface area contributed by atoms with E-state index in [-0.39, 0.29) is 23.3 Å². The number of nitrogens with two attached hydrogens (primary N) is 1. The summed E-state index contributed by atoms with van der Waals surface area (Å²) in [4.78, 5) is 0. The van der Waals surface area contributed by atoms with E-state index in [2.05, 4.69) is 0 Å². The Balaban J connectivity index is 2.24. The topological polar surface area (TPSA) is 46.2 Å². The van der Waals surface area contributed by atoms with E-state index in [0.29, 0.717) is 21.8 Å². The summed E-state index contributed by atoms with van der Waals surface area (Å²) in [5.74, 6) is -1.11. The van der Waals surface area contributed by atoms with Crippen molar-refractivity contribution < 1.29 is 13.9 Å². The number of anilines is 1. The maximum atomic E-state index is 15.0. The number of rotatable bonds is 4. The Labute approximate surface area is 156 Å². The molecule has 26 heavy (non-hydrogen) atoms. The number of aliphatic hydroxyl groups excluding tert-OH is 1. The Morgan fingerprint density at radius 2 is 1.88 bits per heavy atom. The van der Waals surface area contributed by atoms with Crippen molar-refractivity contribution in [1.82, 2.24) is 0 Å². The maximum Gasteiger partial charge on any atom is 0.137 e. The van der Waals surface area contributed by atoms with Crippen LogP contribution in [0.2, 0.25) is 5.02 Å². The predicted molar refractivity (Wildman–Crippen MR) is 102 cm³/mol. The third-order valence-corrected chi connectivity index (χ3v) is 4.97. The van der Waals surface area contributed by atoms with Crippen LogP contribution in [0.3, 0.4) is 0 Å². The highest BCUT2D eigenvalue weighted by Crippen LogP contribution is 2.36. The summed E-state index contributed by atoms with van der Waals surface area (Å²) < 4.78 is 28.9. The highest BCUT2D eigenvalue weighted by molar-refractivity contribution is 6.31. The molecule has 2 nitrogen and oxygen atoms in total. The van der Waals surface area contributed by atoms with Crippen LogP contribution in [-0.2, 0) is 6.42 Å². The van der Waals surface area contributed by atoms with Crippen molar-refractivity contribution in [3.8, 4) is 0 Å². The Morgan fingerprint density at radius 3 is 2.46 bits per heavy atom. The van der Waals surface area contributed by atoms with Crippen molar-refractivity contribution in [3.05, 3.63) is 81.1 Å². The third-order valence-electron chi connectivity index (χ3n) is 4.73. The molecule has 5 heteroatoms. The lowest BCUT2D eigenvalue weighted by molar-refractivity contribution is 0.407. The zero-order valence-electron chi connectivity index (χ0n) is 14.5. The van der Waals surface area contributed by atoms with E-state index >= 15 is 0 Å². The van der Waals surface area contributed by atoms with Gasteiger partial charge in [0.1, 0.15) is 17.4 Å². The Morgan fingerprint density at radius 1 is 1.19 bits per heavy atom. The highest BCUT2D eigenvalue weighted by atomic mass is 35.5. The molecule has 0 atom stereocenters. The lowest BCUT2D eigenvalue weighted by Gasteiger charge is -2.19. The van der Waals surface area contributed by atoms with Crippen molar-refractivity contribution in [1.29, 1.82) is 0 Å². The van der Waals surface area contributed by atoms with Gasteiger partial charge < -0.3 is 10.8 Å². The summed E-state index contributed by atoms with van der Waals surface area (Å²) in [5, 5.41) is 10.9. The van der Waals surface area contributed by atoms with E-state index in [0.717, 1.165) is 24.8 Å². The summed E-state index contributed by atoms with van der Waals surface area (Å²) in [5.41, 5.74) is 8.52. The van der Waals surface area contributed by atoms with Crippen molar-refractivity contribution >= 4 is 22.9 Å². The molecule has 0 unspecified atom stereocenters. The molecule has 1 aliphatic carbocycles. The van der Waals surface area contributed by atoms with Crippen LogP contribution in [0.5, 0.6) is 0 Å². The number of allylic oxidation sites excluding steroid dienone is 2. The van der Waals surface area contributed by atoms with Gasteiger partial charge in [0.05, 0.1) is 0 Å². The molecule has 136 valence electrons. The van der Waals surface area contributed by atoms with Crippen LogP contribution in [0.1, 0.15) is 42.9 Å². The van der Waals surface area contributed by atoms with Gasteiger partial charge in [0, 0.05) is 27.4 Å². The van der Waals surface area contributed by atoms with Gasteiger partial charge in [0.2, 0.25) is 0 Å². The van der Waals surface area contributed by atoms with Crippen LogP contribution in [0.15, 0.2) is 47.7 Å². The van der Waals surface area contributed by atoms with E-state index in [1.54, 1.807) is 25.1 Å². The van der Waals surface area contributed by atoms with Crippen LogP contribution in [0, 0.1) is 11.6 Å². The van der Waals surface area contributed by atoms with Gasteiger partial charge in [-0.2, -0.15) is 0 Å². The first-order valence-electron chi connectivity index (χ1n) is 8.57. The second kappa shape index (κ2) is 7.50. The normalized spacial score (nSPS) is 14.3. The molecule has 1 saturated carbocycles. The third kappa shape index (κ3) is 3.47. The number of hydrogen-bond donors (Lipinski definition) is 2. The van der Waals surface area contributed by atoms with Gasteiger partial charge >= 0.3 is 0 Å². The summed E-state index contributed by atoms with van der Waals surface area (Å²) in [6.07, 6.45) is 4.40. The van der Waals surface area contributed by atoms with Gasteiger partial charge in [-0.3, -0.25) is 0 Å². The van der Waals surface area contributed by atoms with Crippen molar-refractivity contribution in [3.63, 3.8) is 0 Å². The van der Waals surface area contributed by atoms with Gasteiger partial charge in [-0.05, 0) is 67.2 Å². The minimum atomic E-state index is -0.639. The Bertz CT molecular complexity index is 912. The molecule has 3 rings (SSSR count). The quantitative estimate of drug-likeness (QED) is 0.494. The smallest absolute Gasteiger partial charge is 0.137 e. The minimum absolute atomic E-state index is 0.0109. The van der Waals surface area contributed by atoms with Gasteiger partial charge in [0.25, 0.3) is 0 Å². The molecule has 0 aromatic heterocycles. The standard InChI is InChI=1S/C21H20ClF2NO/c1-2-14-18(23)9-8-16(21(14)24)17(11-20(26)12-4-3-5-12)15-7-6-13(22)10-19(15)25/h6-11,26H,2-5,25H2,1H3/b17-11-. The van der Waals surface area contributed by atoms with Crippen molar-refractivity contribution in [2.24, 2.45) is 0 Å². The Kier molecular flexibility index (Phi) is 5.33.